The first-order valence-electron chi connectivity index (χ1n) is 7.87. The molecule has 0 aromatic carbocycles. The molecule has 1 aliphatic heterocycles. The van der Waals surface area contributed by atoms with Gasteiger partial charge in [0.05, 0.1) is 6.33 Å². The lowest BCUT2D eigenvalue weighted by atomic mass is 10.1. The van der Waals surface area contributed by atoms with E-state index in [1.807, 2.05) is 0 Å². The number of rotatable bonds is 6. The average molecular weight is 384 g/mol. The minimum atomic E-state index is -1.14. The Morgan fingerprint density at radius 2 is 1.70 bits per heavy atom. The van der Waals surface area contributed by atoms with Crippen molar-refractivity contribution in [3.8, 4) is 0 Å². The molecule has 0 aliphatic carbocycles. The maximum absolute atomic E-state index is 11.5. The monoisotopic (exact) mass is 384 g/mol. The van der Waals surface area contributed by atoms with Gasteiger partial charge in [-0.2, -0.15) is 0 Å². The molecule has 2 heterocycles. The number of imidazole rings is 1. The third kappa shape index (κ3) is 4.53. The summed E-state index contributed by atoms with van der Waals surface area (Å²) in [6.07, 6.45) is -3.10. The van der Waals surface area contributed by atoms with Gasteiger partial charge < -0.3 is 30.4 Å². The summed E-state index contributed by atoms with van der Waals surface area (Å²) in [7, 11) is 0. The molecule has 1 aromatic rings. The van der Waals surface area contributed by atoms with E-state index >= 15 is 0 Å². The highest BCUT2D eigenvalue weighted by atomic mass is 16.7. The number of carbonyl (C=O) groups excluding carboxylic acids is 4. The molecule has 4 N–H and O–H groups in total. The second-order valence-electron chi connectivity index (χ2n) is 5.77. The van der Waals surface area contributed by atoms with Crippen LogP contribution in [0.3, 0.4) is 0 Å². The molecular weight excluding hydrogens is 364 g/mol. The Morgan fingerprint density at radius 3 is 2.19 bits per heavy atom. The number of primary amides is 1. The van der Waals surface area contributed by atoms with Crippen molar-refractivity contribution >= 4 is 29.6 Å². The zero-order valence-corrected chi connectivity index (χ0v) is 14.9. The lowest BCUT2D eigenvalue weighted by molar-refractivity contribution is -0.166. The molecule has 1 aromatic heterocycles. The molecule has 1 aliphatic rings. The lowest BCUT2D eigenvalue weighted by Crippen LogP contribution is -2.40. The van der Waals surface area contributed by atoms with Crippen molar-refractivity contribution in [1.29, 1.82) is 0 Å². The maximum atomic E-state index is 11.5. The van der Waals surface area contributed by atoms with Gasteiger partial charge in [-0.25, -0.2) is 4.98 Å². The van der Waals surface area contributed by atoms with Gasteiger partial charge in [0.2, 0.25) is 0 Å². The van der Waals surface area contributed by atoms with Gasteiger partial charge in [0.15, 0.2) is 24.1 Å². The number of esters is 3. The second kappa shape index (κ2) is 8.03. The summed E-state index contributed by atoms with van der Waals surface area (Å²) in [6, 6.07) is 0. The van der Waals surface area contributed by atoms with Crippen LogP contribution < -0.4 is 11.5 Å². The largest absolute Gasteiger partial charge is 0.463 e. The lowest BCUT2D eigenvalue weighted by Gasteiger charge is -2.24. The molecule has 0 radical (unpaired) electrons. The van der Waals surface area contributed by atoms with Gasteiger partial charge in [-0.05, 0) is 0 Å². The van der Waals surface area contributed by atoms with Gasteiger partial charge in [-0.3, -0.25) is 23.7 Å². The first-order valence-corrected chi connectivity index (χ1v) is 7.87. The number of nitrogens with zero attached hydrogens (tertiary/aromatic N) is 2. The zero-order valence-electron chi connectivity index (χ0n) is 14.9. The van der Waals surface area contributed by atoms with Crippen LogP contribution in [0.5, 0.6) is 0 Å². The first-order chi connectivity index (χ1) is 12.6. The van der Waals surface area contributed by atoms with Crippen LogP contribution in [0.1, 0.15) is 37.5 Å². The van der Waals surface area contributed by atoms with Crippen molar-refractivity contribution in [2.45, 2.75) is 45.3 Å². The summed E-state index contributed by atoms with van der Waals surface area (Å²) < 4.78 is 22.4. The third-order valence-corrected chi connectivity index (χ3v) is 3.68. The number of ether oxygens (including phenoxy) is 4. The number of nitrogen functional groups attached to an aromatic ring is 1. The van der Waals surface area contributed by atoms with Gasteiger partial charge in [-0.1, -0.05) is 0 Å². The van der Waals surface area contributed by atoms with Gasteiger partial charge in [0.25, 0.3) is 5.91 Å². The molecule has 1 fully saturated rings. The molecule has 0 unspecified atom stereocenters. The molecule has 12 nitrogen and oxygen atoms in total. The third-order valence-electron chi connectivity index (χ3n) is 3.68. The van der Waals surface area contributed by atoms with Crippen LogP contribution >= 0.6 is 0 Å². The molecule has 27 heavy (non-hydrogen) atoms. The number of carbonyl (C=O) groups is 4. The predicted molar refractivity (Wildman–Crippen MR) is 86.8 cm³/mol. The summed E-state index contributed by atoms with van der Waals surface area (Å²) in [5.41, 5.74) is 10.9. The van der Waals surface area contributed by atoms with Crippen LogP contribution in [0.4, 0.5) is 5.82 Å². The first kappa shape index (κ1) is 20.2. The maximum Gasteiger partial charge on any atom is 0.303 e. The summed E-state index contributed by atoms with van der Waals surface area (Å²) >= 11 is 0. The van der Waals surface area contributed by atoms with Crippen LogP contribution in [0, 0.1) is 0 Å². The Hall–Kier alpha value is -3.15. The summed E-state index contributed by atoms with van der Waals surface area (Å²) in [5, 5.41) is 0. The Bertz CT molecular complexity index is 761. The predicted octanol–water partition coefficient (Wildman–Crippen LogP) is -1.11. The minimum Gasteiger partial charge on any atom is -0.463 e. The molecule has 148 valence electrons. The number of aromatic nitrogens is 2. The average Bonchev–Trinajstić information content (AvgIpc) is 3.06. The standard InChI is InChI=1S/C15H20N4O8/c1-6(20)24-4-9-11(25-7(2)21)12(26-8(3)22)15(27-9)19-5-18-10(13(19)16)14(17)23/h5,9,11-12,15H,4,16H2,1-3H3,(H2,17,23)/t9-,11-,12+,15-/m1/s1. The van der Waals surface area contributed by atoms with Gasteiger partial charge in [0.1, 0.15) is 18.5 Å². The topological polar surface area (TPSA) is 175 Å². The Balaban J connectivity index is 2.41. The molecule has 0 saturated carbocycles. The fourth-order valence-electron chi connectivity index (χ4n) is 2.68. The smallest absolute Gasteiger partial charge is 0.303 e. The molecule has 1 amide bonds. The highest BCUT2D eigenvalue weighted by Crippen LogP contribution is 2.36. The molecular formula is C15H20N4O8. The van der Waals surface area contributed by atoms with Crippen LogP contribution in [0.2, 0.25) is 0 Å². The van der Waals surface area contributed by atoms with Crippen LogP contribution in [0.25, 0.3) is 0 Å². The van der Waals surface area contributed by atoms with Gasteiger partial charge in [0, 0.05) is 20.8 Å². The summed E-state index contributed by atoms with van der Waals surface area (Å²) in [5.74, 6) is -2.90. The Kier molecular flexibility index (Phi) is 6.00. The van der Waals surface area contributed by atoms with Gasteiger partial charge >= 0.3 is 17.9 Å². The fourth-order valence-corrected chi connectivity index (χ4v) is 2.68. The van der Waals surface area contributed by atoms with Crippen LogP contribution in [-0.2, 0) is 33.3 Å². The van der Waals surface area contributed by atoms with E-state index in [9.17, 15) is 19.2 Å². The Morgan fingerprint density at radius 1 is 1.11 bits per heavy atom. The number of nitrogens with two attached hydrogens (primary N) is 2. The Labute approximate surface area is 153 Å². The summed E-state index contributed by atoms with van der Waals surface area (Å²) in [6.45, 7) is 3.26. The van der Waals surface area contributed by atoms with Crippen molar-refractivity contribution in [3.05, 3.63) is 12.0 Å². The van der Waals surface area contributed by atoms with E-state index in [4.69, 9.17) is 30.4 Å². The van der Waals surface area contributed by atoms with Crippen molar-refractivity contribution in [1.82, 2.24) is 9.55 Å². The molecule has 0 spiro atoms. The van der Waals surface area contributed by atoms with E-state index < -0.39 is 48.4 Å². The zero-order chi connectivity index (χ0) is 20.3. The number of hydrogen-bond acceptors (Lipinski definition) is 10. The molecule has 2 rings (SSSR count). The van der Waals surface area contributed by atoms with Gasteiger partial charge in [-0.15, -0.1) is 0 Å². The fraction of sp³-hybridized carbons (Fsp3) is 0.533. The van der Waals surface area contributed by atoms with Crippen molar-refractivity contribution in [2.24, 2.45) is 5.73 Å². The minimum absolute atomic E-state index is 0.126. The van der Waals surface area contributed by atoms with Crippen molar-refractivity contribution < 1.29 is 38.1 Å². The van der Waals surface area contributed by atoms with E-state index in [1.54, 1.807) is 0 Å². The van der Waals surface area contributed by atoms with Crippen molar-refractivity contribution in [3.63, 3.8) is 0 Å². The highest BCUT2D eigenvalue weighted by molar-refractivity contribution is 5.95. The number of amides is 1. The highest BCUT2D eigenvalue weighted by Gasteiger charge is 2.51. The van der Waals surface area contributed by atoms with Crippen LogP contribution in [0.15, 0.2) is 6.33 Å². The molecule has 0 bridgehead atoms. The van der Waals surface area contributed by atoms with E-state index in [1.165, 1.54) is 17.8 Å². The quantitative estimate of drug-likeness (QED) is 0.451. The molecule has 4 atom stereocenters. The number of anilines is 1. The van der Waals surface area contributed by atoms with Crippen LogP contribution in [-0.4, -0.2) is 58.3 Å². The summed E-state index contributed by atoms with van der Waals surface area (Å²) in [4.78, 5) is 49.3. The second-order valence-corrected chi connectivity index (χ2v) is 5.77. The molecule has 12 heteroatoms. The van der Waals surface area contributed by atoms with Crippen molar-refractivity contribution in [2.75, 3.05) is 12.3 Å². The molecule has 1 saturated heterocycles. The SMILES string of the molecule is CC(=O)OC[C@H]1O[C@@H](n2cnc(C(N)=O)c2N)[C@@H](OC(C)=O)[C@@H]1OC(C)=O. The van der Waals surface area contributed by atoms with E-state index in [0.717, 1.165) is 13.8 Å². The number of hydrogen-bond donors (Lipinski definition) is 2. The van der Waals surface area contributed by atoms with E-state index in [0.29, 0.717) is 0 Å². The van der Waals surface area contributed by atoms with E-state index in [2.05, 4.69) is 4.98 Å². The van der Waals surface area contributed by atoms with E-state index in [-0.39, 0.29) is 18.1 Å². The normalized spacial score (nSPS) is 24.3.